The summed E-state index contributed by atoms with van der Waals surface area (Å²) >= 11 is 0. The van der Waals surface area contributed by atoms with Crippen LogP contribution in [0.4, 0.5) is 17.3 Å². The molecule has 28 heavy (non-hydrogen) atoms. The number of carbonyl (C=O) groups is 2. The summed E-state index contributed by atoms with van der Waals surface area (Å²) in [6.45, 7) is 0. The molecular weight excluding hydrogens is 358 g/mol. The van der Waals surface area contributed by atoms with E-state index in [4.69, 9.17) is 5.26 Å². The van der Waals surface area contributed by atoms with E-state index in [0.717, 1.165) is 0 Å². The summed E-state index contributed by atoms with van der Waals surface area (Å²) in [5.74, 6) is -0.549. The Morgan fingerprint density at radius 1 is 1.00 bits per heavy atom. The zero-order chi connectivity index (χ0) is 19.9. The number of ether oxygens (including phenoxy) is 1. The quantitative estimate of drug-likeness (QED) is 0.660. The van der Waals surface area contributed by atoms with Gasteiger partial charge in [-0.15, -0.1) is 0 Å². The van der Waals surface area contributed by atoms with Crippen LogP contribution < -0.4 is 10.6 Å². The largest absolute Gasteiger partial charge is 0.465 e. The van der Waals surface area contributed by atoms with Crippen molar-refractivity contribution < 1.29 is 14.3 Å². The fraction of sp³-hybridized carbons (Fsp3) is 0.0500. The zero-order valence-corrected chi connectivity index (χ0v) is 14.8. The molecule has 0 bridgehead atoms. The van der Waals surface area contributed by atoms with Crippen molar-refractivity contribution in [2.75, 3.05) is 17.7 Å². The number of esters is 1. The molecule has 2 N–H and O–H groups in total. The maximum atomic E-state index is 12.3. The van der Waals surface area contributed by atoms with Crippen LogP contribution in [0.1, 0.15) is 26.3 Å². The Bertz CT molecular complexity index is 1040. The number of hydrogen-bond acceptors (Lipinski definition) is 7. The molecule has 1 aromatic heterocycles. The van der Waals surface area contributed by atoms with Crippen molar-refractivity contribution >= 4 is 29.2 Å². The normalized spacial score (nSPS) is 9.86. The number of para-hydroxylation sites is 1. The second-order valence-corrected chi connectivity index (χ2v) is 5.60. The average Bonchev–Trinajstić information content (AvgIpc) is 2.74. The number of amides is 1. The van der Waals surface area contributed by atoms with Crippen molar-refractivity contribution in [1.29, 1.82) is 5.26 Å². The molecule has 8 nitrogen and oxygen atoms in total. The molecular formula is C20H15N5O3. The van der Waals surface area contributed by atoms with Crippen LogP contribution in [0, 0.1) is 11.3 Å². The highest BCUT2D eigenvalue weighted by Gasteiger charge is 2.10. The first-order chi connectivity index (χ1) is 13.6. The van der Waals surface area contributed by atoms with Crippen molar-refractivity contribution in [2.45, 2.75) is 0 Å². The molecule has 0 aliphatic rings. The number of hydrogen-bond donors (Lipinski definition) is 2. The summed E-state index contributed by atoms with van der Waals surface area (Å²) in [5, 5.41) is 14.7. The first-order valence-electron chi connectivity index (χ1n) is 8.18. The van der Waals surface area contributed by atoms with Gasteiger partial charge in [-0.2, -0.15) is 5.26 Å². The molecule has 0 spiro atoms. The third-order valence-electron chi connectivity index (χ3n) is 3.77. The average molecular weight is 373 g/mol. The molecule has 0 saturated carbocycles. The summed E-state index contributed by atoms with van der Waals surface area (Å²) in [4.78, 5) is 32.0. The Balaban J connectivity index is 1.67. The van der Waals surface area contributed by atoms with Crippen LogP contribution in [-0.4, -0.2) is 29.0 Å². The third-order valence-corrected chi connectivity index (χ3v) is 3.77. The highest BCUT2D eigenvalue weighted by Crippen LogP contribution is 2.16. The third kappa shape index (κ3) is 4.28. The lowest BCUT2D eigenvalue weighted by atomic mass is 10.2. The Labute approximate surface area is 160 Å². The highest BCUT2D eigenvalue weighted by molar-refractivity contribution is 6.04. The van der Waals surface area contributed by atoms with Crippen LogP contribution in [0.25, 0.3) is 0 Å². The van der Waals surface area contributed by atoms with Gasteiger partial charge in [-0.3, -0.25) is 4.79 Å². The van der Waals surface area contributed by atoms with Gasteiger partial charge < -0.3 is 15.4 Å². The fourth-order valence-electron chi connectivity index (χ4n) is 2.33. The molecule has 1 heterocycles. The summed E-state index contributed by atoms with van der Waals surface area (Å²) in [6.07, 6.45) is 2.75. The van der Waals surface area contributed by atoms with E-state index >= 15 is 0 Å². The predicted octanol–water partition coefficient (Wildman–Crippen LogP) is 3.13. The summed E-state index contributed by atoms with van der Waals surface area (Å²) in [5.41, 5.74) is 2.14. The summed E-state index contributed by atoms with van der Waals surface area (Å²) in [6, 6.07) is 15.3. The first-order valence-corrected chi connectivity index (χ1v) is 8.18. The van der Waals surface area contributed by atoms with E-state index in [-0.39, 0.29) is 5.56 Å². The number of methoxy groups -OCH3 is 1. The number of nitriles is 1. The van der Waals surface area contributed by atoms with Gasteiger partial charge in [-0.25, -0.2) is 14.8 Å². The Morgan fingerprint density at radius 3 is 2.32 bits per heavy atom. The van der Waals surface area contributed by atoms with Gasteiger partial charge in [0.05, 0.1) is 29.5 Å². The topological polar surface area (TPSA) is 117 Å². The van der Waals surface area contributed by atoms with Gasteiger partial charge in [0.25, 0.3) is 5.91 Å². The lowest BCUT2D eigenvalue weighted by Gasteiger charge is -2.08. The molecule has 0 aliphatic heterocycles. The Morgan fingerprint density at radius 2 is 1.68 bits per heavy atom. The van der Waals surface area contributed by atoms with E-state index in [1.165, 1.54) is 19.5 Å². The van der Waals surface area contributed by atoms with E-state index in [9.17, 15) is 9.59 Å². The van der Waals surface area contributed by atoms with Gasteiger partial charge in [0.1, 0.15) is 6.07 Å². The van der Waals surface area contributed by atoms with Gasteiger partial charge in [0.15, 0.2) is 0 Å². The molecule has 8 heteroatoms. The minimum absolute atomic E-state index is 0.249. The molecule has 0 unspecified atom stereocenters. The number of aromatic nitrogens is 2. The van der Waals surface area contributed by atoms with Crippen LogP contribution in [-0.2, 0) is 4.74 Å². The van der Waals surface area contributed by atoms with Crippen LogP contribution >= 0.6 is 0 Å². The van der Waals surface area contributed by atoms with Crippen molar-refractivity contribution in [3.63, 3.8) is 0 Å². The van der Waals surface area contributed by atoms with Gasteiger partial charge in [-0.1, -0.05) is 12.1 Å². The molecule has 3 aromatic rings. The molecule has 0 fully saturated rings. The summed E-state index contributed by atoms with van der Waals surface area (Å²) in [7, 11) is 1.32. The number of carbonyl (C=O) groups excluding carboxylic acids is 2. The van der Waals surface area contributed by atoms with Gasteiger partial charge in [0.2, 0.25) is 5.95 Å². The molecule has 0 atom stereocenters. The van der Waals surface area contributed by atoms with E-state index in [1.807, 2.05) is 6.07 Å². The van der Waals surface area contributed by atoms with E-state index in [2.05, 4.69) is 25.3 Å². The Kier molecular flexibility index (Phi) is 5.58. The molecule has 0 aliphatic carbocycles. The number of nitrogens with one attached hydrogen (secondary N) is 2. The second-order valence-electron chi connectivity index (χ2n) is 5.60. The fourth-order valence-corrected chi connectivity index (χ4v) is 2.33. The molecule has 3 rings (SSSR count). The summed E-state index contributed by atoms with van der Waals surface area (Å²) < 4.78 is 4.65. The minimum Gasteiger partial charge on any atom is -0.465 e. The van der Waals surface area contributed by atoms with Crippen LogP contribution in [0.15, 0.2) is 60.9 Å². The number of benzene rings is 2. The monoisotopic (exact) mass is 373 g/mol. The lowest BCUT2D eigenvalue weighted by Crippen LogP contribution is -2.14. The lowest BCUT2D eigenvalue weighted by molar-refractivity contribution is 0.0600. The maximum absolute atomic E-state index is 12.3. The maximum Gasteiger partial charge on any atom is 0.337 e. The van der Waals surface area contributed by atoms with Crippen molar-refractivity contribution in [2.24, 2.45) is 0 Å². The van der Waals surface area contributed by atoms with Crippen molar-refractivity contribution in [1.82, 2.24) is 9.97 Å². The molecule has 0 saturated heterocycles. The van der Waals surface area contributed by atoms with E-state index < -0.39 is 11.9 Å². The molecule has 138 valence electrons. The molecule has 2 aromatic carbocycles. The standard InChI is InChI=1S/C20H15N5O3/c1-28-19(27)13-6-8-16(9-7-13)24-20-22-11-15(12-23-20)18(26)25-17-5-3-2-4-14(17)10-21/h2-9,11-12H,1H3,(H,25,26)(H,22,23,24). The molecule has 1 amide bonds. The first kappa shape index (κ1) is 18.5. The number of rotatable bonds is 5. The number of nitrogens with zero attached hydrogens (tertiary/aromatic N) is 3. The minimum atomic E-state index is -0.420. The number of anilines is 3. The van der Waals surface area contributed by atoms with Gasteiger partial charge in [0, 0.05) is 18.1 Å². The Hall–Kier alpha value is -4.25. The SMILES string of the molecule is COC(=O)c1ccc(Nc2ncc(C(=O)Nc3ccccc3C#N)cn2)cc1. The van der Waals surface area contributed by atoms with E-state index in [0.29, 0.717) is 28.5 Å². The van der Waals surface area contributed by atoms with Crippen LogP contribution in [0.2, 0.25) is 0 Å². The van der Waals surface area contributed by atoms with Crippen LogP contribution in [0.3, 0.4) is 0 Å². The smallest absolute Gasteiger partial charge is 0.337 e. The van der Waals surface area contributed by atoms with E-state index in [1.54, 1.807) is 48.5 Å². The zero-order valence-electron chi connectivity index (χ0n) is 14.8. The van der Waals surface area contributed by atoms with Crippen LogP contribution in [0.5, 0.6) is 0 Å². The molecule has 0 radical (unpaired) electrons. The van der Waals surface area contributed by atoms with Gasteiger partial charge in [-0.05, 0) is 36.4 Å². The van der Waals surface area contributed by atoms with Gasteiger partial charge >= 0.3 is 5.97 Å². The van der Waals surface area contributed by atoms with Crippen molar-refractivity contribution in [3.8, 4) is 6.07 Å². The van der Waals surface area contributed by atoms with Crippen molar-refractivity contribution in [3.05, 3.63) is 77.6 Å². The second kappa shape index (κ2) is 8.42. The highest BCUT2D eigenvalue weighted by atomic mass is 16.5. The predicted molar refractivity (Wildman–Crippen MR) is 102 cm³/mol.